The number of hydrogen-bond donors (Lipinski definition) is 2. The van der Waals surface area contributed by atoms with Gasteiger partial charge >= 0.3 is 0 Å². The predicted octanol–water partition coefficient (Wildman–Crippen LogP) is 1.56. The SMILES string of the molecule is NC(CCO)c1ccc2c(c1)CCC2. The smallest absolute Gasteiger partial charge is 0.0449 e. The number of aliphatic hydroxyl groups is 1. The van der Waals surface area contributed by atoms with Gasteiger partial charge in [0.15, 0.2) is 0 Å². The molecule has 1 atom stereocenters. The second-order valence-electron chi connectivity index (χ2n) is 4.00. The minimum absolute atomic E-state index is 0.00843. The van der Waals surface area contributed by atoms with Crippen LogP contribution in [0.2, 0.25) is 0 Å². The Bertz CT molecular complexity index is 322. The molecule has 1 aromatic carbocycles. The molecule has 0 aliphatic heterocycles. The van der Waals surface area contributed by atoms with E-state index in [-0.39, 0.29) is 12.6 Å². The van der Waals surface area contributed by atoms with Crippen LogP contribution in [0.5, 0.6) is 0 Å². The van der Waals surface area contributed by atoms with Gasteiger partial charge in [0.2, 0.25) is 0 Å². The van der Waals surface area contributed by atoms with Crippen LogP contribution in [0.4, 0.5) is 0 Å². The van der Waals surface area contributed by atoms with Gasteiger partial charge in [-0.05, 0) is 42.4 Å². The zero-order valence-corrected chi connectivity index (χ0v) is 8.37. The van der Waals surface area contributed by atoms with Crippen molar-refractivity contribution < 1.29 is 5.11 Å². The summed E-state index contributed by atoms with van der Waals surface area (Å²) in [7, 11) is 0. The molecular formula is C12H17NO. The molecule has 0 radical (unpaired) electrons. The van der Waals surface area contributed by atoms with E-state index in [2.05, 4.69) is 18.2 Å². The number of aliphatic hydroxyl groups excluding tert-OH is 1. The molecule has 0 amide bonds. The maximum absolute atomic E-state index is 8.81. The van der Waals surface area contributed by atoms with E-state index in [1.807, 2.05) is 0 Å². The molecule has 0 bridgehead atoms. The van der Waals surface area contributed by atoms with Crippen molar-refractivity contribution in [3.63, 3.8) is 0 Å². The van der Waals surface area contributed by atoms with Gasteiger partial charge in [-0.2, -0.15) is 0 Å². The quantitative estimate of drug-likeness (QED) is 0.761. The Morgan fingerprint density at radius 2 is 2.07 bits per heavy atom. The lowest BCUT2D eigenvalue weighted by Gasteiger charge is -2.11. The van der Waals surface area contributed by atoms with Crippen LogP contribution in [0, 0.1) is 0 Å². The summed E-state index contributed by atoms with van der Waals surface area (Å²) in [6.45, 7) is 0.165. The molecule has 2 rings (SSSR count). The lowest BCUT2D eigenvalue weighted by molar-refractivity contribution is 0.276. The highest BCUT2D eigenvalue weighted by atomic mass is 16.3. The highest BCUT2D eigenvalue weighted by molar-refractivity contribution is 5.36. The van der Waals surface area contributed by atoms with Crippen LogP contribution in [0.3, 0.4) is 0 Å². The van der Waals surface area contributed by atoms with Crippen LogP contribution in [0.1, 0.15) is 35.6 Å². The number of benzene rings is 1. The minimum Gasteiger partial charge on any atom is -0.396 e. The van der Waals surface area contributed by atoms with Gasteiger partial charge in [0.05, 0.1) is 0 Å². The molecule has 2 nitrogen and oxygen atoms in total. The lowest BCUT2D eigenvalue weighted by atomic mass is 10.00. The maximum Gasteiger partial charge on any atom is 0.0449 e. The fourth-order valence-electron chi connectivity index (χ4n) is 2.13. The summed E-state index contributed by atoms with van der Waals surface area (Å²) in [6, 6.07) is 6.49. The molecule has 14 heavy (non-hydrogen) atoms. The summed E-state index contributed by atoms with van der Waals surface area (Å²) in [5.41, 5.74) is 10.0. The van der Waals surface area contributed by atoms with Crippen LogP contribution in [0.15, 0.2) is 18.2 Å². The van der Waals surface area contributed by atoms with Crippen LogP contribution < -0.4 is 5.73 Å². The van der Waals surface area contributed by atoms with Crippen LogP contribution >= 0.6 is 0 Å². The van der Waals surface area contributed by atoms with E-state index in [0.29, 0.717) is 6.42 Å². The highest BCUT2D eigenvalue weighted by Gasteiger charge is 2.13. The number of fused-ring (bicyclic) bond motifs is 1. The van der Waals surface area contributed by atoms with E-state index >= 15 is 0 Å². The standard InChI is InChI=1S/C12H17NO/c13-12(6-7-14)11-5-4-9-2-1-3-10(9)8-11/h4-5,8,12,14H,1-3,6-7,13H2. The lowest BCUT2D eigenvalue weighted by Crippen LogP contribution is -2.12. The first kappa shape index (κ1) is 9.69. The Morgan fingerprint density at radius 3 is 2.86 bits per heavy atom. The molecule has 0 fully saturated rings. The molecule has 1 aliphatic carbocycles. The van der Waals surface area contributed by atoms with Crippen molar-refractivity contribution in [2.24, 2.45) is 5.73 Å². The second-order valence-corrected chi connectivity index (χ2v) is 4.00. The molecule has 0 aromatic heterocycles. The highest BCUT2D eigenvalue weighted by Crippen LogP contribution is 2.25. The Kier molecular flexibility index (Phi) is 2.85. The van der Waals surface area contributed by atoms with Gasteiger partial charge in [0.25, 0.3) is 0 Å². The van der Waals surface area contributed by atoms with Crippen molar-refractivity contribution >= 4 is 0 Å². The van der Waals surface area contributed by atoms with Gasteiger partial charge in [-0.15, -0.1) is 0 Å². The van der Waals surface area contributed by atoms with Crippen molar-refractivity contribution in [1.29, 1.82) is 0 Å². The third-order valence-corrected chi connectivity index (χ3v) is 2.99. The first-order valence-corrected chi connectivity index (χ1v) is 5.29. The van der Waals surface area contributed by atoms with Gasteiger partial charge in [-0.25, -0.2) is 0 Å². The van der Waals surface area contributed by atoms with Gasteiger partial charge in [-0.1, -0.05) is 18.2 Å². The van der Waals surface area contributed by atoms with Crippen molar-refractivity contribution in [3.05, 3.63) is 34.9 Å². The number of rotatable bonds is 3. The Labute approximate surface area is 84.7 Å². The third-order valence-electron chi connectivity index (χ3n) is 2.99. The number of nitrogens with two attached hydrogens (primary N) is 1. The van der Waals surface area contributed by atoms with Gasteiger partial charge < -0.3 is 10.8 Å². The normalized spacial score (nSPS) is 16.7. The van der Waals surface area contributed by atoms with E-state index < -0.39 is 0 Å². The zero-order chi connectivity index (χ0) is 9.97. The fourth-order valence-corrected chi connectivity index (χ4v) is 2.13. The van der Waals surface area contributed by atoms with Crippen molar-refractivity contribution in [3.8, 4) is 0 Å². The van der Waals surface area contributed by atoms with Crippen molar-refractivity contribution in [2.45, 2.75) is 31.7 Å². The summed E-state index contributed by atoms with van der Waals surface area (Å²) in [4.78, 5) is 0. The summed E-state index contributed by atoms with van der Waals surface area (Å²) < 4.78 is 0. The van der Waals surface area contributed by atoms with E-state index in [9.17, 15) is 0 Å². The van der Waals surface area contributed by atoms with Crippen molar-refractivity contribution in [1.82, 2.24) is 0 Å². The first-order valence-electron chi connectivity index (χ1n) is 5.29. The Morgan fingerprint density at radius 1 is 1.29 bits per heavy atom. The monoisotopic (exact) mass is 191 g/mol. The minimum atomic E-state index is -0.00843. The molecule has 1 aliphatic rings. The van der Waals surface area contributed by atoms with Crippen LogP contribution in [-0.2, 0) is 12.8 Å². The molecule has 76 valence electrons. The van der Waals surface area contributed by atoms with Crippen LogP contribution in [0.25, 0.3) is 0 Å². The topological polar surface area (TPSA) is 46.2 Å². The zero-order valence-electron chi connectivity index (χ0n) is 8.37. The van der Waals surface area contributed by atoms with Crippen molar-refractivity contribution in [2.75, 3.05) is 6.61 Å². The Hall–Kier alpha value is -0.860. The van der Waals surface area contributed by atoms with Gasteiger partial charge in [0.1, 0.15) is 0 Å². The summed E-state index contributed by atoms with van der Waals surface area (Å²) in [5.74, 6) is 0. The summed E-state index contributed by atoms with van der Waals surface area (Å²) in [5, 5.41) is 8.81. The van der Waals surface area contributed by atoms with Crippen LogP contribution in [-0.4, -0.2) is 11.7 Å². The molecule has 0 saturated heterocycles. The summed E-state index contributed by atoms with van der Waals surface area (Å²) >= 11 is 0. The number of hydrogen-bond acceptors (Lipinski definition) is 2. The maximum atomic E-state index is 8.81. The molecule has 0 spiro atoms. The largest absolute Gasteiger partial charge is 0.396 e. The van der Waals surface area contributed by atoms with E-state index in [1.54, 1.807) is 0 Å². The second kappa shape index (κ2) is 4.11. The third kappa shape index (κ3) is 1.81. The summed E-state index contributed by atoms with van der Waals surface area (Å²) in [6.07, 6.45) is 4.33. The molecule has 1 aromatic rings. The van der Waals surface area contributed by atoms with Gasteiger partial charge in [0, 0.05) is 12.6 Å². The average Bonchev–Trinajstić information content (AvgIpc) is 2.64. The van der Waals surface area contributed by atoms with Gasteiger partial charge in [-0.3, -0.25) is 0 Å². The molecule has 2 heteroatoms. The Balaban J connectivity index is 2.19. The van der Waals surface area contributed by atoms with E-state index in [1.165, 1.54) is 36.0 Å². The fraction of sp³-hybridized carbons (Fsp3) is 0.500. The predicted molar refractivity (Wildman–Crippen MR) is 57.1 cm³/mol. The molecule has 3 N–H and O–H groups in total. The molecular weight excluding hydrogens is 174 g/mol. The molecule has 1 unspecified atom stereocenters. The first-order chi connectivity index (χ1) is 6.81. The molecule has 0 heterocycles. The van der Waals surface area contributed by atoms with E-state index in [0.717, 1.165) is 0 Å². The molecule has 0 saturated carbocycles. The van der Waals surface area contributed by atoms with E-state index in [4.69, 9.17) is 10.8 Å². The average molecular weight is 191 g/mol. The number of aryl methyl sites for hydroxylation is 2.